The maximum absolute atomic E-state index is 12.9. The van der Waals surface area contributed by atoms with Gasteiger partial charge in [0.05, 0.1) is 11.1 Å². The molecule has 170 valence electrons. The van der Waals surface area contributed by atoms with Crippen LogP contribution in [0, 0.1) is 6.92 Å². The van der Waals surface area contributed by atoms with Gasteiger partial charge in [-0.2, -0.15) is 26.3 Å². The second-order valence-corrected chi connectivity index (χ2v) is 7.96. The smallest absolute Gasteiger partial charge is 0.416 e. The lowest BCUT2D eigenvalue weighted by Gasteiger charge is -2.23. The van der Waals surface area contributed by atoms with Crippen molar-refractivity contribution in [2.24, 2.45) is 0 Å². The van der Waals surface area contributed by atoms with Crippen LogP contribution in [0.5, 0.6) is 5.75 Å². The summed E-state index contributed by atoms with van der Waals surface area (Å²) in [6.07, 6.45) is -10.0. The Balaban J connectivity index is 2.11. The number of nitrogens with one attached hydrogen (secondary N) is 2. The third kappa shape index (κ3) is 6.80. The van der Waals surface area contributed by atoms with E-state index in [0.29, 0.717) is 17.9 Å². The molecule has 2 aromatic rings. The lowest BCUT2D eigenvalue weighted by Crippen LogP contribution is -2.32. The van der Waals surface area contributed by atoms with Crippen LogP contribution in [0.25, 0.3) is 0 Å². The summed E-state index contributed by atoms with van der Waals surface area (Å²) in [4.78, 5) is 12.0. The number of halogens is 6. The molecular formula is C21H22F6N2O2. The number of ether oxygens (including phenoxy) is 1. The summed E-state index contributed by atoms with van der Waals surface area (Å²) >= 11 is 0. The van der Waals surface area contributed by atoms with E-state index >= 15 is 0 Å². The van der Waals surface area contributed by atoms with Gasteiger partial charge in [-0.15, -0.1) is 0 Å². The number of rotatable bonds is 4. The summed E-state index contributed by atoms with van der Waals surface area (Å²) < 4.78 is 83.0. The van der Waals surface area contributed by atoms with Gasteiger partial charge in [0.15, 0.2) is 6.73 Å². The van der Waals surface area contributed by atoms with E-state index in [4.69, 9.17) is 4.74 Å². The molecule has 0 aliphatic carbocycles. The highest BCUT2D eigenvalue weighted by Gasteiger charge is 2.37. The lowest BCUT2D eigenvalue weighted by atomic mass is 9.85. The minimum atomic E-state index is -5.01. The van der Waals surface area contributed by atoms with E-state index in [-0.39, 0.29) is 18.2 Å². The van der Waals surface area contributed by atoms with Gasteiger partial charge in [-0.1, -0.05) is 38.5 Å². The molecule has 0 saturated heterocycles. The molecular weight excluding hydrogens is 426 g/mol. The molecule has 0 spiro atoms. The van der Waals surface area contributed by atoms with Crippen LogP contribution in [0.1, 0.15) is 43.0 Å². The number of carbonyl (C=O) groups excluding carboxylic acids is 1. The monoisotopic (exact) mass is 448 g/mol. The highest BCUT2D eigenvalue weighted by atomic mass is 19.4. The first-order valence-electron chi connectivity index (χ1n) is 9.15. The summed E-state index contributed by atoms with van der Waals surface area (Å²) in [5.74, 6) is 0.497. The van der Waals surface area contributed by atoms with Crippen molar-refractivity contribution in [3.63, 3.8) is 0 Å². The van der Waals surface area contributed by atoms with Crippen molar-refractivity contribution in [1.29, 1.82) is 0 Å². The number of hydrogen-bond acceptors (Lipinski definition) is 2. The van der Waals surface area contributed by atoms with Gasteiger partial charge in [-0.25, -0.2) is 4.79 Å². The van der Waals surface area contributed by atoms with Gasteiger partial charge in [-0.3, -0.25) is 0 Å². The van der Waals surface area contributed by atoms with Crippen LogP contribution in [-0.4, -0.2) is 12.8 Å². The van der Waals surface area contributed by atoms with Crippen molar-refractivity contribution in [2.45, 2.75) is 45.5 Å². The minimum absolute atomic E-state index is 0.0163. The van der Waals surface area contributed by atoms with Gasteiger partial charge < -0.3 is 15.4 Å². The molecule has 31 heavy (non-hydrogen) atoms. The topological polar surface area (TPSA) is 50.4 Å². The van der Waals surface area contributed by atoms with Gasteiger partial charge in [0.25, 0.3) is 0 Å². The Hall–Kier alpha value is -2.91. The number of anilines is 1. The largest absolute Gasteiger partial charge is 0.473 e. The van der Waals surface area contributed by atoms with E-state index in [0.717, 1.165) is 11.1 Å². The zero-order valence-electron chi connectivity index (χ0n) is 17.3. The normalized spacial score (nSPS) is 12.5. The van der Waals surface area contributed by atoms with Crippen molar-refractivity contribution in [2.75, 3.05) is 12.0 Å². The second kappa shape index (κ2) is 8.68. The molecule has 0 bridgehead atoms. The molecule has 0 aliphatic heterocycles. The Kier molecular flexibility index (Phi) is 6.82. The first-order valence-corrected chi connectivity index (χ1v) is 9.15. The summed E-state index contributed by atoms with van der Waals surface area (Å²) in [5, 5.41) is 4.23. The Morgan fingerprint density at radius 2 is 1.45 bits per heavy atom. The average molecular weight is 448 g/mol. The molecule has 0 saturated carbocycles. The third-order valence-electron chi connectivity index (χ3n) is 4.25. The molecule has 2 amide bonds. The standard InChI is InChI=1S/C21H22F6N2O2/c1-12-5-6-17(16(7-12)19(2,3)4)31-11-28-18(30)29-15-9-13(20(22,23)24)8-14(10-15)21(25,26)27/h5-10H,11H2,1-4H3,(H2,28,29,30). The van der Waals surface area contributed by atoms with Crippen LogP contribution < -0.4 is 15.4 Å². The fourth-order valence-corrected chi connectivity index (χ4v) is 2.74. The molecule has 10 heteroatoms. The van der Waals surface area contributed by atoms with Crippen LogP contribution >= 0.6 is 0 Å². The first kappa shape index (κ1) is 24.4. The SMILES string of the molecule is Cc1ccc(OCNC(=O)Nc2cc(C(F)(F)F)cc(C(F)(F)F)c2)c(C(C)(C)C)c1. The quantitative estimate of drug-likeness (QED) is 0.415. The zero-order chi connectivity index (χ0) is 23.6. The van der Waals surface area contributed by atoms with Crippen molar-refractivity contribution in [1.82, 2.24) is 5.32 Å². The minimum Gasteiger partial charge on any atom is -0.473 e. The first-order chi connectivity index (χ1) is 14.1. The predicted octanol–water partition coefficient (Wildman–Crippen LogP) is 6.49. The molecule has 2 aromatic carbocycles. The molecule has 0 atom stereocenters. The number of urea groups is 1. The van der Waals surface area contributed by atoms with Gasteiger partial charge in [0.2, 0.25) is 0 Å². The summed E-state index contributed by atoms with van der Waals surface area (Å²) in [7, 11) is 0. The maximum atomic E-state index is 12.9. The van der Waals surface area contributed by atoms with E-state index in [1.54, 1.807) is 6.07 Å². The number of amides is 2. The summed E-state index contributed by atoms with van der Waals surface area (Å²) in [6, 6.07) is 5.27. The second-order valence-electron chi connectivity index (χ2n) is 7.96. The molecule has 0 aromatic heterocycles. The van der Waals surface area contributed by atoms with E-state index in [9.17, 15) is 31.1 Å². The number of carbonyl (C=O) groups is 1. The molecule has 0 fully saturated rings. The highest BCUT2D eigenvalue weighted by Crippen LogP contribution is 2.37. The van der Waals surface area contributed by atoms with E-state index in [2.05, 4.69) is 5.32 Å². The van der Waals surface area contributed by atoms with Crippen molar-refractivity contribution in [3.8, 4) is 5.75 Å². The van der Waals surface area contributed by atoms with Crippen molar-refractivity contribution < 1.29 is 35.9 Å². The zero-order valence-corrected chi connectivity index (χ0v) is 17.3. The Morgan fingerprint density at radius 3 is 1.94 bits per heavy atom. The van der Waals surface area contributed by atoms with Crippen LogP contribution in [0.3, 0.4) is 0 Å². The molecule has 0 radical (unpaired) electrons. The lowest BCUT2D eigenvalue weighted by molar-refractivity contribution is -0.143. The van der Waals surface area contributed by atoms with Gasteiger partial charge in [-0.05, 0) is 42.2 Å². The van der Waals surface area contributed by atoms with E-state index in [1.807, 2.05) is 45.1 Å². The molecule has 2 N–H and O–H groups in total. The number of aryl methyl sites for hydroxylation is 1. The van der Waals surface area contributed by atoms with Crippen LogP contribution in [0.4, 0.5) is 36.8 Å². The van der Waals surface area contributed by atoms with Gasteiger partial charge in [0.1, 0.15) is 5.75 Å². The number of hydrogen-bond donors (Lipinski definition) is 2. The third-order valence-corrected chi connectivity index (χ3v) is 4.25. The van der Waals surface area contributed by atoms with Crippen LogP contribution in [0.15, 0.2) is 36.4 Å². The predicted molar refractivity (Wildman–Crippen MR) is 104 cm³/mol. The molecule has 0 heterocycles. The molecule has 2 rings (SSSR count). The van der Waals surface area contributed by atoms with Crippen molar-refractivity contribution >= 4 is 11.7 Å². The molecule has 0 unspecified atom stereocenters. The Labute approximate surface area is 175 Å². The Morgan fingerprint density at radius 1 is 0.903 bits per heavy atom. The molecule has 0 aliphatic rings. The number of alkyl halides is 6. The molecule has 4 nitrogen and oxygen atoms in total. The van der Waals surface area contributed by atoms with Gasteiger partial charge in [0, 0.05) is 5.69 Å². The fourth-order valence-electron chi connectivity index (χ4n) is 2.74. The van der Waals surface area contributed by atoms with E-state index < -0.39 is 35.2 Å². The van der Waals surface area contributed by atoms with Crippen LogP contribution in [0.2, 0.25) is 0 Å². The van der Waals surface area contributed by atoms with Gasteiger partial charge >= 0.3 is 18.4 Å². The van der Waals surface area contributed by atoms with Crippen molar-refractivity contribution in [3.05, 3.63) is 58.7 Å². The maximum Gasteiger partial charge on any atom is 0.416 e. The fraction of sp³-hybridized carbons (Fsp3) is 0.381. The average Bonchev–Trinajstić information content (AvgIpc) is 2.60. The number of benzene rings is 2. The summed E-state index contributed by atoms with van der Waals surface area (Å²) in [6.45, 7) is 7.49. The summed E-state index contributed by atoms with van der Waals surface area (Å²) in [5.41, 5.74) is -2.07. The van der Waals surface area contributed by atoms with E-state index in [1.165, 1.54) is 0 Å². The Bertz CT molecular complexity index is 914. The van der Waals surface area contributed by atoms with Crippen LogP contribution in [-0.2, 0) is 17.8 Å². The highest BCUT2D eigenvalue weighted by molar-refractivity contribution is 5.89.